The zero-order valence-electron chi connectivity index (χ0n) is 18.1. The Kier molecular flexibility index (Phi) is 8.21. The lowest BCUT2D eigenvalue weighted by Crippen LogP contribution is -2.35. The molecule has 1 fully saturated rings. The van der Waals surface area contributed by atoms with Crippen molar-refractivity contribution in [2.24, 2.45) is 0 Å². The van der Waals surface area contributed by atoms with Crippen molar-refractivity contribution in [2.75, 3.05) is 19.7 Å². The van der Waals surface area contributed by atoms with Crippen LogP contribution in [0.25, 0.3) is 0 Å². The number of carbonyl (C=O) groups is 3. The Balaban J connectivity index is 1.44. The van der Waals surface area contributed by atoms with Crippen LogP contribution in [-0.2, 0) is 22.6 Å². The average molecular weight is 423 g/mol. The summed E-state index contributed by atoms with van der Waals surface area (Å²) in [7, 11) is 0. The van der Waals surface area contributed by atoms with Crippen LogP contribution in [0.5, 0.6) is 5.75 Å². The molecule has 0 radical (unpaired) electrons. The number of hydrogen-bond acceptors (Lipinski definition) is 4. The summed E-state index contributed by atoms with van der Waals surface area (Å²) < 4.78 is 5.54. The molecule has 6 heteroatoms. The van der Waals surface area contributed by atoms with Gasteiger partial charge in [0.2, 0.25) is 0 Å². The number of ketones is 1. The van der Waals surface area contributed by atoms with Crippen molar-refractivity contribution < 1.29 is 19.1 Å². The number of aryl methyl sites for hydroxylation is 1. The van der Waals surface area contributed by atoms with Crippen LogP contribution in [0.3, 0.4) is 0 Å². The van der Waals surface area contributed by atoms with E-state index in [4.69, 9.17) is 4.74 Å². The number of carbonyl (C=O) groups excluding carboxylic acids is 3. The maximum atomic E-state index is 12.6. The van der Waals surface area contributed by atoms with Gasteiger partial charge in [-0.05, 0) is 68.0 Å². The topological polar surface area (TPSA) is 75.7 Å². The minimum atomic E-state index is -0.228. The molecule has 1 saturated heterocycles. The third-order valence-corrected chi connectivity index (χ3v) is 5.37. The highest BCUT2D eigenvalue weighted by atomic mass is 16.5. The van der Waals surface area contributed by atoms with E-state index in [0.29, 0.717) is 30.7 Å². The fraction of sp³-hybridized carbons (Fsp3) is 0.400. The van der Waals surface area contributed by atoms with E-state index in [-0.39, 0.29) is 24.2 Å². The van der Waals surface area contributed by atoms with Crippen LogP contribution >= 0.6 is 0 Å². The van der Waals surface area contributed by atoms with Gasteiger partial charge in [0.15, 0.2) is 6.61 Å². The van der Waals surface area contributed by atoms with E-state index in [0.717, 1.165) is 37.1 Å². The molecule has 2 amide bonds. The zero-order chi connectivity index (χ0) is 22.1. The van der Waals surface area contributed by atoms with Gasteiger partial charge in [-0.1, -0.05) is 24.3 Å². The van der Waals surface area contributed by atoms with Crippen LogP contribution < -0.4 is 10.1 Å². The number of nitrogens with one attached hydrogen (secondary N) is 1. The predicted octanol–water partition coefficient (Wildman–Crippen LogP) is 3.53. The summed E-state index contributed by atoms with van der Waals surface area (Å²) in [6.45, 7) is 3.47. The van der Waals surface area contributed by atoms with Gasteiger partial charge in [0.25, 0.3) is 11.8 Å². The first-order valence-electron chi connectivity index (χ1n) is 10.9. The molecule has 1 N–H and O–H groups in total. The normalized spacial score (nSPS) is 13.5. The monoisotopic (exact) mass is 422 g/mol. The number of ether oxygens (including phenoxy) is 1. The maximum Gasteiger partial charge on any atom is 0.258 e. The number of rotatable bonds is 9. The first kappa shape index (κ1) is 22.5. The summed E-state index contributed by atoms with van der Waals surface area (Å²) in [5.41, 5.74) is 2.60. The summed E-state index contributed by atoms with van der Waals surface area (Å²) in [5, 5.41) is 2.83. The van der Waals surface area contributed by atoms with Gasteiger partial charge in [0, 0.05) is 31.6 Å². The summed E-state index contributed by atoms with van der Waals surface area (Å²) in [6.07, 6.45) is 4.52. The van der Waals surface area contributed by atoms with Crippen LogP contribution in [-0.4, -0.2) is 42.2 Å². The molecule has 0 atom stereocenters. The number of hydrogen-bond donors (Lipinski definition) is 1. The Hall–Kier alpha value is -3.15. The fourth-order valence-corrected chi connectivity index (χ4v) is 3.57. The predicted molar refractivity (Wildman–Crippen MR) is 119 cm³/mol. The SMILES string of the molecule is CC(=O)CCc1ccc(OCC(=O)NCc2cccc(C(=O)N3CCCCC3)c2)cc1. The van der Waals surface area contributed by atoms with Crippen molar-refractivity contribution in [3.05, 3.63) is 65.2 Å². The molecule has 6 nitrogen and oxygen atoms in total. The Morgan fingerprint density at radius 3 is 2.42 bits per heavy atom. The van der Waals surface area contributed by atoms with Crippen molar-refractivity contribution in [2.45, 2.75) is 45.6 Å². The minimum Gasteiger partial charge on any atom is -0.484 e. The van der Waals surface area contributed by atoms with Crippen LogP contribution in [0.2, 0.25) is 0 Å². The molecular formula is C25H30N2O4. The molecule has 0 unspecified atom stereocenters. The van der Waals surface area contributed by atoms with Gasteiger partial charge in [-0.2, -0.15) is 0 Å². The maximum absolute atomic E-state index is 12.6. The van der Waals surface area contributed by atoms with E-state index < -0.39 is 0 Å². The fourth-order valence-electron chi connectivity index (χ4n) is 3.57. The highest BCUT2D eigenvalue weighted by Crippen LogP contribution is 2.15. The molecule has 0 bridgehead atoms. The molecule has 2 aromatic carbocycles. The van der Waals surface area contributed by atoms with Gasteiger partial charge in [0.05, 0.1) is 0 Å². The van der Waals surface area contributed by atoms with Crippen LogP contribution in [0.4, 0.5) is 0 Å². The average Bonchev–Trinajstić information content (AvgIpc) is 2.81. The molecule has 1 heterocycles. The summed E-state index contributed by atoms with van der Waals surface area (Å²) in [4.78, 5) is 37.8. The van der Waals surface area contributed by atoms with Crippen molar-refractivity contribution in [1.29, 1.82) is 0 Å². The summed E-state index contributed by atoms with van der Waals surface area (Å²) in [6, 6.07) is 14.8. The van der Waals surface area contributed by atoms with Crippen molar-refractivity contribution in [3.8, 4) is 5.75 Å². The van der Waals surface area contributed by atoms with Gasteiger partial charge in [-0.25, -0.2) is 0 Å². The van der Waals surface area contributed by atoms with E-state index >= 15 is 0 Å². The lowest BCUT2D eigenvalue weighted by molar-refractivity contribution is -0.123. The molecule has 2 aromatic rings. The smallest absolute Gasteiger partial charge is 0.258 e. The molecule has 0 spiro atoms. The molecule has 3 rings (SSSR count). The third-order valence-electron chi connectivity index (χ3n) is 5.37. The van der Waals surface area contributed by atoms with E-state index in [1.165, 1.54) is 6.42 Å². The highest BCUT2D eigenvalue weighted by Gasteiger charge is 2.18. The Morgan fingerprint density at radius 1 is 0.968 bits per heavy atom. The molecule has 1 aliphatic rings. The summed E-state index contributed by atoms with van der Waals surface area (Å²) in [5.74, 6) is 0.602. The van der Waals surface area contributed by atoms with E-state index in [1.807, 2.05) is 41.3 Å². The molecule has 164 valence electrons. The van der Waals surface area contributed by atoms with Crippen molar-refractivity contribution in [1.82, 2.24) is 10.2 Å². The second-order valence-corrected chi connectivity index (χ2v) is 7.96. The molecule has 0 aliphatic carbocycles. The zero-order valence-corrected chi connectivity index (χ0v) is 18.1. The largest absolute Gasteiger partial charge is 0.484 e. The molecule has 0 saturated carbocycles. The summed E-state index contributed by atoms with van der Waals surface area (Å²) >= 11 is 0. The van der Waals surface area contributed by atoms with Crippen molar-refractivity contribution >= 4 is 17.6 Å². The van der Waals surface area contributed by atoms with Crippen LogP contribution in [0.15, 0.2) is 48.5 Å². The molecule has 0 aromatic heterocycles. The van der Waals surface area contributed by atoms with E-state index in [9.17, 15) is 14.4 Å². The third kappa shape index (κ3) is 7.24. The molecular weight excluding hydrogens is 392 g/mol. The molecule has 1 aliphatic heterocycles. The van der Waals surface area contributed by atoms with Gasteiger partial charge in [0.1, 0.15) is 11.5 Å². The van der Waals surface area contributed by atoms with E-state index in [2.05, 4.69) is 5.32 Å². The lowest BCUT2D eigenvalue weighted by atomic mass is 10.1. The van der Waals surface area contributed by atoms with Crippen LogP contribution in [0, 0.1) is 0 Å². The van der Waals surface area contributed by atoms with Crippen molar-refractivity contribution in [3.63, 3.8) is 0 Å². The highest BCUT2D eigenvalue weighted by molar-refractivity contribution is 5.94. The second-order valence-electron chi connectivity index (χ2n) is 7.96. The number of benzene rings is 2. The second kappa shape index (κ2) is 11.3. The first-order valence-corrected chi connectivity index (χ1v) is 10.9. The van der Waals surface area contributed by atoms with Crippen LogP contribution in [0.1, 0.15) is 54.1 Å². The van der Waals surface area contributed by atoms with Gasteiger partial charge >= 0.3 is 0 Å². The number of nitrogens with zero attached hydrogens (tertiary/aromatic N) is 1. The van der Waals surface area contributed by atoms with Gasteiger partial charge in [-0.3, -0.25) is 9.59 Å². The lowest BCUT2D eigenvalue weighted by Gasteiger charge is -2.26. The first-order chi connectivity index (χ1) is 15.0. The number of piperidine rings is 1. The van der Waals surface area contributed by atoms with Gasteiger partial charge < -0.3 is 19.7 Å². The molecule has 31 heavy (non-hydrogen) atoms. The Bertz CT molecular complexity index is 902. The Morgan fingerprint density at radius 2 is 1.71 bits per heavy atom. The number of amides is 2. The minimum absolute atomic E-state index is 0.0583. The van der Waals surface area contributed by atoms with Gasteiger partial charge in [-0.15, -0.1) is 0 Å². The quantitative estimate of drug-likeness (QED) is 0.671. The number of Topliss-reactive ketones (excluding diaryl/α,β-unsaturated/α-hetero) is 1. The Labute approximate surface area is 183 Å². The standard InChI is InChI=1S/C25H30N2O4/c1-19(28)8-9-20-10-12-23(13-11-20)31-18-24(29)26-17-21-6-5-7-22(16-21)25(30)27-14-3-2-4-15-27/h5-7,10-13,16H,2-4,8-9,14-15,17-18H2,1H3,(H,26,29). The van der Waals surface area contributed by atoms with E-state index in [1.54, 1.807) is 19.1 Å². The number of likely N-dealkylation sites (tertiary alicyclic amines) is 1.